The van der Waals surface area contributed by atoms with Crippen molar-refractivity contribution < 1.29 is 14.7 Å². The molecule has 1 unspecified atom stereocenters. The van der Waals surface area contributed by atoms with Crippen molar-refractivity contribution in [3.63, 3.8) is 0 Å². The van der Waals surface area contributed by atoms with Gasteiger partial charge in [0.2, 0.25) is 0 Å². The minimum atomic E-state index is -0.998. The maximum atomic E-state index is 12.4. The summed E-state index contributed by atoms with van der Waals surface area (Å²) in [5.41, 5.74) is 1.29. The van der Waals surface area contributed by atoms with E-state index in [1.807, 2.05) is 17.7 Å². The molecule has 0 fully saturated rings. The second kappa shape index (κ2) is 6.42. The van der Waals surface area contributed by atoms with E-state index in [2.05, 4.69) is 10.2 Å². The van der Waals surface area contributed by atoms with Gasteiger partial charge in [0.1, 0.15) is 6.04 Å². The zero-order valence-corrected chi connectivity index (χ0v) is 12.8. The Kier molecular flexibility index (Phi) is 4.59. The fourth-order valence-electron chi connectivity index (χ4n) is 2.09. The summed E-state index contributed by atoms with van der Waals surface area (Å²) in [5.74, 6) is -1.21. The molecule has 8 nitrogen and oxygen atoms in total. The molecule has 2 heterocycles. The first kappa shape index (κ1) is 15.7. The number of carbonyl (C=O) groups excluding carboxylic acids is 1. The number of aromatic nitrogens is 4. The predicted octanol–water partition coefficient (Wildman–Crippen LogP) is 1.02. The highest BCUT2D eigenvalue weighted by Crippen LogP contribution is 2.11. The molecule has 1 N–H and O–H groups in total. The number of amides is 1. The van der Waals surface area contributed by atoms with Crippen molar-refractivity contribution in [2.75, 3.05) is 7.05 Å². The lowest BCUT2D eigenvalue weighted by atomic mass is 10.3. The van der Waals surface area contributed by atoms with E-state index in [1.54, 1.807) is 18.1 Å². The van der Waals surface area contributed by atoms with E-state index < -0.39 is 12.0 Å². The van der Waals surface area contributed by atoms with E-state index in [9.17, 15) is 9.59 Å². The van der Waals surface area contributed by atoms with E-state index in [-0.39, 0.29) is 5.91 Å². The van der Waals surface area contributed by atoms with Crippen LogP contribution in [0.2, 0.25) is 0 Å². The number of hydrogen-bond acceptors (Lipinski definition) is 4. The number of carboxylic acids is 1. The highest BCUT2D eigenvalue weighted by atomic mass is 16.4. The van der Waals surface area contributed by atoms with Crippen molar-refractivity contribution in [1.29, 1.82) is 0 Å². The lowest BCUT2D eigenvalue weighted by Gasteiger charge is -2.16. The predicted molar refractivity (Wildman–Crippen MR) is 78.3 cm³/mol. The van der Waals surface area contributed by atoms with E-state index in [0.29, 0.717) is 12.1 Å². The zero-order valence-electron chi connectivity index (χ0n) is 12.8. The summed E-state index contributed by atoms with van der Waals surface area (Å²) in [6, 6.07) is 1.05. The normalized spacial score (nSPS) is 12.1. The van der Waals surface area contributed by atoms with Crippen LogP contribution in [0.5, 0.6) is 0 Å². The van der Waals surface area contributed by atoms with Crippen LogP contribution in [0.25, 0.3) is 0 Å². The number of hydrogen-bond donors (Lipinski definition) is 1. The molecule has 8 heteroatoms. The minimum absolute atomic E-state index is 0.215. The molecule has 0 radical (unpaired) electrons. The molecule has 0 spiro atoms. The average molecular weight is 305 g/mol. The first-order valence-electron chi connectivity index (χ1n) is 6.97. The number of nitrogens with zero attached hydrogens (tertiary/aromatic N) is 5. The van der Waals surface area contributed by atoms with E-state index >= 15 is 0 Å². The third-order valence-electron chi connectivity index (χ3n) is 3.45. The van der Waals surface area contributed by atoms with Crippen LogP contribution >= 0.6 is 0 Å². The Bertz CT molecular complexity index is 676. The second-order valence-electron chi connectivity index (χ2n) is 5.02. The number of rotatable bonds is 6. The van der Waals surface area contributed by atoms with E-state index in [1.165, 1.54) is 24.0 Å². The molecule has 0 aliphatic heterocycles. The van der Waals surface area contributed by atoms with Crippen LogP contribution in [0.1, 0.15) is 35.9 Å². The molecule has 2 rings (SSSR count). The van der Waals surface area contributed by atoms with Gasteiger partial charge in [0.15, 0.2) is 0 Å². The van der Waals surface area contributed by atoms with Gasteiger partial charge < -0.3 is 10.0 Å². The number of carboxylic acid groups (broad SMARTS) is 1. The lowest BCUT2D eigenvalue weighted by Crippen LogP contribution is -2.27. The number of aliphatic carboxylic acids is 1. The third-order valence-corrected chi connectivity index (χ3v) is 3.45. The third kappa shape index (κ3) is 3.16. The standard InChI is InChI=1S/C14H19N5O3/c1-4-18-12(5-6-15-18)9-17(3)13(20)11-7-16-19(8-11)10(2)14(21)22/h5-8,10H,4,9H2,1-3H3,(H,21,22). The van der Waals surface area contributed by atoms with E-state index in [4.69, 9.17) is 5.11 Å². The van der Waals surface area contributed by atoms with Crippen LogP contribution in [0.3, 0.4) is 0 Å². The molecule has 0 bridgehead atoms. The highest BCUT2D eigenvalue weighted by Gasteiger charge is 2.19. The van der Waals surface area contributed by atoms with Crippen LogP contribution in [0.4, 0.5) is 0 Å². The highest BCUT2D eigenvalue weighted by molar-refractivity contribution is 5.93. The molecular formula is C14H19N5O3. The summed E-state index contributed by atoms with van der Waals surface area (Å²) in [4.78, 5) is 24.9. The van der Waals surface area contributed by atoms with Crippen molar-refractivity contribution in [3.05, 3.63) is 35.9 Å². The maximum absolute atomic E-state index is 12.4. The monoisotopic (exact) mass is 305 g/mol. The molecule has 2 aromatic rings. The van der Waals surface area contributed by atoms with Gasteiger partial charge in [-0.3, -0.25) is 14.2 Å². The van der Waals surface area contributed by atoms with Gasteiger partial charge in [-0.25, -0.2) is 4.79 Å². The first-order chi connectivity index (χ1) is 10.4. The van der Waals surface area contributed by atoms with Crippen molar-refractivity contribution in [2.24, 2.45) is 0 Å². The molecule has 0 aliphatic carbocycles. The molecule has 1 amide bonds. The second-order valence-corrected chi connectivity index (χ2v) is 5.02. The van der Waals surface area contributed by atoms with Crippen LogP contribution in [0.15, 0.2) is 24.7 Å². The fraction of sp³-hybridized carbons (Fsp3) is 0.429. The number of carbonyl (C=O) groups is 2. The van der Waals surface area contributed by atoms with E-state index in [0.717, 1.165) is 12.2 Å². The van der Waals surface area contributed by atoms with Crippen LogP contribution in [0, 0.1) is 0 Å². The molecule has 118 valence electrons. The first-order valence-corrected chi connectivity index (χ1v) is 6.97. The van der Waals surface area contributed by atoms with Gasteiger partial charge in [0, 0.05) is 26.0 Å². The summed E-state index contributed by atoms with van der Waals surface area (Å²) >= 11 is 0. The quantitative estimate of drug-likeness (QED) is 0.860. The van der Waals surface area contributed by atoms with Gasteiger partial charge in [0.05, 0.1) is 24.0 Å². The van der Waals surface area contributed by atoms with Crippen LogP contribution in [-0.2, 0) is 17.9 Å². The van der Waals surface area contributed by atoms with Crippen molar-refractivity contribution in [3.8, 4) is 0 Å². The topological polar surface area (TPSA) is 93.3 Å². The lowest BCUT2D eigenvalue weighted by molar-refractivity contribution is -0.140. The molecule has 2 aromatic heterocycles. The summed E-state index contributed by atoms with van der Waals surface area (Å²) in [6.07, 6.45) is 4.54. The molecule has 0 saturated heterocycles. The Labute approximate surface area is 127 Å². The molecule has 0 aromatic carbocycles. The van der Waals surface area contributed by atoms with Crippen molar-refractivity contribution >= 4 is 11.9 Å². The van der Waals surface area contributed by atoms with Crippen LogP contribution in [-0.4, -0.2) is 48.5 Å². The summed E-state index contributed by atoms with van der Waals surface area (Å²) in [6.45, 7) is 4.65. The Morgan fingerprint density at radius 2 is 2.14 bits per heavy atom. The average Bonchev–Trinajstić information content (AvgIpc) is 3.14. The molecule has 0 saturated carbocycles. The number of aryl methyl sites for hydroxylation is 1. The summed E-state index contributed by atoms with van der Waals surface area (Å²) in [5, 5.41) is 17.1. The zero-order chi connectivity index (χ0) is 16.3. The van der Waals surface area contributed by atoms with Gasteiger partial charge >= 0.3 is 5.97 Å². The minimum Gasteiger partial charge on any atom is -0.480 e. The van der Waals surface area contributed by atoms with Gasteiger partial charge in [-0.2, -0.15) is 10.2 Å². The fourth-order valence-corrected chi connectivity index (χ4v) is 2.09. The Balaban J connectivity index is 2.09. The largest absolute Gasteiger partial charge is 0.480 e. The van der Waals surface area contributed by atoms with Gasteiger partial charge in [-0.1, -0.05) is 0 Å². The van der Waals surface area contributed by atoms with Crippen molar-refractivity contribution in [2.45, 2.75) is 33.0 Å². The van der Waals surface area contributed by atoms with Gasteiger partial charge in [0.25, 0.3) is 5.91 Å². The van der Waals surface area contributed by atoms with Crippen LogP contribution < -0.4 is 0 Å². The Morgan fingerprint density at radius 1 is 1.41 bits per heavy atom. The molecule has 0 aliphatic rings. The maximum Gasteiger partial charge on any atom is 0.328 e. The molecule has 22 heavy (non-hydrogen) atoms. The van der Waals surface area contributed by atoms with Gasteiger partial charge in [-0.05, 0) is 19.9 Å². The molecular weight excluding hydrogens is 286 g/mol. The van der Waals surface area contributed by atoms with Crippen molar-refractivity contribution in [1.82, 2.24) is 24.5 Å². The van der Waals surface area contributed by atoms with Gasteiger partial charge in [-0.15, -0.1) is 0 Å². The Morgan fingerprint density at radius 3 is 2.77 bits per heavy atom. The summed E-state index contributed by atoms with van der Waals surface area (Å²) < 4.78 is 3.08. The smallest absolute Gasteiger partial charge is 0.328 e. The Hall–Kier alpha value is -2.64. The SMILES string of the molecule is CCn1nccc1CN(C)C(=O)c1cnn(C(C)C(=O)O)c1. The molecule has 1 atom stereocenters. The summed E-state index contributed by atoms with van der Waals surface area (Å²) in [7, 11) is 1.69.